The number of H-pyrrole nitrogens is 2. The number of hydrogen-bond acceptors (Lipinski definition) is 2. The summed E-state index contributed by atoms with van der Waals surface area (Å²) in [5.74, 6) is -40.3. The Labute approximate surface area is 346 Å². The molecule has 2 N–H and O–H groups in total. The molecule has 326 valence electrons. The van der Waals surface area contributed by atoms with E-state index in [2.05, 4.69) is 43.1 Å². The predicted molar refractivity (Wildman–Crippen MR) is 199 cm³/mol. The van der Waals surface area contributed by atoms with Crippen LogP contribution in [0.4, 0.5) is 70.2 Å². The molecule has 2 aliphatic heterocycles. The van der Waals surface area contributed by atoms with E-state index < -0.39 is 102 Å². The first kappa shape index (κ1) is 44.6. The summed E-state index contributed by atoms with van der Waals surface area (Å²) in [6.07, 6.45) is 2.78. The van der Waals surface area contributed by atoms with Crippen LogP contribution in [0.2, 0.25) is 0 Å². The Balaban J connectivity index is 1.72. The van der Waals surface area contributed by atoms with Crippen LogP contribution in [-0.2, 0) is 11.8 Å². The van der Waals surface area contributed by atoms with Crippen molar-refractivity contribution in [3.05, 3.63) is 119 Å². The molecule has 3 aromatic heterocycles. The summed E-state index contributed by atoms with van der Waals surface area (Å²) in [5.41, 5.74) is -11.9. The molecule has 4 nitrogen and oxygen atoms in total. The number of aromatic amines is 2. The van der Waals surface area contributed by atoms with Crippen molar-refractivity contribution >= 4 is 69.6 Å². The lowest BCUT2D eigenvalue weighted by Gasteiger charge is -2.34. The van der Waals surface area contributed by atoms with Crippen LogP contribution >= 0.6 is 23.2 Å². The quantitative estimate of drug-likeness (QED) is 0.106. The highest BCUT2D eigenvalue weighted by Gasteiger charge is 2.82. The number of nitrogens with zero attached hydrogens (tertiary/aromatic N) is 2. The SMILES string of the molecule is FC(F)(Cl)C(F)(F)C(F)(F)C(F)(F)c1c2nc(c(-c3ccccc3)c3ccc([nH]3)c(C(F)(F)C(F)(F)C(F)(F)C(F)(F)Cl)c3ccc([nH]3)c(-c3ccccc3)c3nc1C=C3)C=C2. The second-order valence-electron chi connectivity index (χ2n) is 13.7. The van der Waals surface area contributed by atoms with Gasteiger partial charge in [0.25, 0.3) is 0 Å². The highest BCUT2D eigenvalue weighted by Crippen LogP contribution is 2.60. The molecule has 0 fully saturated rings. The largest absolute Gasteiger partial charge is 0.393 e. The lowest BCUT2D eigenvalue weighted by molar-refractivity contribution is -0.353. The van der Waals surface area contributed by atoms with Crippen LogP contribution in [-0.4, -0.2) is 54.4 Å². The van der Waals surface area contributed by atoms with Crippen molar-refractivity contribution in [1.82, 2.24) is 19.9 Å². The second-order valence-corrected chi connectivity index (χ2v) is 14.6. The van der Waals surface area contributed by atoms with Gasteiger partial charge in [0.2, 0.25) is 0 Å². The number of benzene rings is 2. The van der Waals surface area contributed by atoms with E-state index >= 15 is 35.1 Å². The first-order chi connectivity index (χ1) is 28.6. The van der Waals surface area contributed by atoms with Crippen LogP contribution in [0.3, 0.4) is 0 Å². The monoisotopic (exact) mass is 930 g/mol. The maximum Gasteiger partial charge on any atom is 0.393 e. The van der Waals surface area contributed by atoms with Crippen molar-refractivity contribution in [2.45, 2.75) is 46.3 Å². The van der Waals surface area contributed by atoms with E-state index in [1.165, 1.54) is 60.7 Å². The third kappa shape index (κ3) is 6.71. The van der Waals surface area contributed by atoms with Crippen molar-refractivity contribution in [1.29, 1.82) is 0 Å². The number of hydrogen-bond donors (Lipinski definition) is 2. The molecule has 22 heteroatoms. The highest BCUT2D eigenvalue weighted by molar-refractivity contribution is 6.22. The fraction of sp³-hybridized carbons (Fsp3) is 0.200. The molecule has 8 bridgehead atoms. The Morgan fingerprint density at radius 3 is 1.00 bits per heavy atom. The standard InChI is InChI=1S/C40H20Cl2F16N4/c41-39(55,56)37(51,52)35(47,48)33(43,44)31-25-15-11-21(59-25)29(19-7-3-1-4-8-19)22-12-16-26(60-22)32(34(45,46)36(49,50)38(53,54)40(42,57)58)28-18-14-24(62-28)30(20-9-5-2-6-10-20)23-13-17-27(31)61-23/h1-18,59,61H. The molecule has 62 heavy (non-hydrogen) atoms. The summed E-state index contributed by atoms with van der Waals surface area (Å²) in [5, 5.41) is -12.5. The van der Waals surface area contributed by atoms with E-state index in [9.17, 15) is 35.1 Å². The van der Waals surface area contributed by atoms with Crippen LogP contribution in [0.15, 0.2) is 84.9 Å². The average molecular weight is 932 g/mol. The number of halogens is 18. The zero-order chi connectivity index (χ0) is 45.6. The number of alkyl halides is 18. The van der Waals surface area contributed by atoms with Crippen molar-refractivity contribution < 1.29 is 70.2 Å². The molecule has 5 aromatic rings. The summed E-state index contributed by atoms with van der Waals surface area (Å²) in [6, 6.07) is 16.4. The van der Waals surface area contributed by atoms with Crippen molar-refractivity contribution in [2.75, 3.05) is 0 Å². The van der Waals surface area contributed by atoms with E-state index in [-0.39, 0.29) is 22.3 Å². The normalized spacial score (nSPS) is 14.5. The minimum Gasteiger partial charge on any atom is -0.354 e. The Morgan fingerprint density at radius 1 is 0.355 bits per heavy atom. The van der Waals surface area contributed by atoms with E-state index in [0.29, 0.717) is 24.3 Å². The highest BCUT2D eigenvalue weighted by atomic mass is 35.5. The molecular formula is C40H20Cl2F16N4. The Hall–Kier alpha value is -5.50. The van der Waals surface area contributed by atoms with Crippen molar-refractivity contribution in [2.24, 2.45) is 0 Å². The lowest BCUT2D eigenvalue weighted by atomic mass is 9.94. The third-order valence-electron chi connectivity index (χ3n) is 9.80. The van der Waals surface area contributed by atoms with Crippen LogP contribution in [0.5, 0.6) is 0 Å². The molecule has 0 saturated heterocycles. The summed E-state index contributed by atoms with van der Waals surface area (Å²) >= 11 is 8.53. The molecule has 0 spiro atoms. The molecule has 2 aromatic carbocycles. The Bertz CT molecular complexity index is 2650. The Morgan fingerprint density at radius 2 is 0.661 bits per heavy atom. The molecule has 0 radical (unpaired) electrons. The van der Waals surface area contributed by atoms with Gasteiger partial charge in [-0.05, 0) is 82.9 Å². The molecule has 2 aliphatic rings. The van der Waals surface area contributed by atoms with Crippen LogP contribution in [0.1, 0.15) is 33.9 Å². The molecule has 0 atom stereocenters. The van der Waals surface area contributed by atoms with Crippen LogP contribution < -0.4 is 0 Å². The van der Waals surface area contributed by atoms with E-state index in [0.717, 1.165) is 24.3 Å². The Kier molecular flexibility index (Phi) is 10.4. The van der Waals surface area contributed by atoms with Gasteiger partial charge in [-0.25, -0.2) is 9.97 Å². The average Bonchev–Trinajstić information content (AvgIpc) is 4.02. The van der Waals surface area contributed by atoms with Gasteiger partial charge in [-0.2, -0.15) is 70.2 Å². The summed E-state index contributed by atoms with van der Waals surface area (Å²) in [4.78, 5) is 12.5. The van der Waals surface area contributed by atoms with Gasteiger partial charge in [0.1, 0.15) is 0 Å². The first-order valence-electron chi connectivity index (χ1n) is 17.3. The van der Waals surface area contributed by atoms with E-state index in [4.69, 9.17) is 0 Å². The van der Waals surface area contributed by atoms with Gasteiger partial charge in [-0.1, -0.05) is 60.7 Å². The van der Waals surface area contributed by atoms with Crippen LogP contribution in [0.25, 0.3) is 68.6 Å². The smallest absolute Gasteiger partial charge is 0.354 e. The molecule has 7 rings (SSSR count). The van der Waals surface area contributed by atoms with Gasteiger partial charge in [-0.15, -0.1) is 0 Å². The summed E-state index contributed by atoms with van der Waals surface area (Å²) < 4.78 is 241. The van der Waals surface area contributed by atoms with Gasteiger partial charge < -0.3 is 9.97 Å². The fourth-order valence-corrected chi connectivity index (χ4v) is 6.99. The zero-order valence-corrected chi connectivity index (χ0v) is 31.6. The third-order valence-corrected chi connectivity index (χ3v) is 10.3. The maximum atomic E-state index is 16.4. The van der Waals surface area contributed by atoms with E-state index in [1.54, 1.807) is 0 Å². The van der Waals surface area contributed by atoms with Gasteiger partial charge >= 0.3 is 46.3 Å². The molecule has 0 saturated carbocycles. The van der Waals surface area contributed by atoms with Crippen LogP contribution in [0, 0.1) is 0 Å². The lowest BCUT2D eigenvalue weighted by Crippen LogP contribution is -2.59. The van der Waals surface area contributed by atoms with Gasteiger partial charge in [-0.3, -0.25) is 0 Å². The summed E-state index contributed by atoms with van der Waals surface area (Å²) in [7, 11) is 0. The predicted octanol–water partition coefficient (Wildman–Crippen LogP) is 14.4. The number of nitrogens with one attached hydrogen (secondary N) is 2. The molecule has 0 aliphatic carbocycles. The summed E-state index contributed by atoms with van der Waals surface area (Å²) in [6.45, 7) is 0. The minimum absolute atomic E-state index is 0.0245. The number of rotatable bonds is 10. The number of fused-ring (bicyclic) bond motifs is 8. The van der Waals surface area contributed by atoms with Gasteiger partial charge in [0.15, 0.2) is 0 Å². The van der Waals surface area contributed by atoms with Crippen molar-refractivity contribution in [3.8, 4) is 22.3 Å². The molecule has 0 unspecified atom stereocenters. The zero-order valence-electron chi connectivity index (χ0n) is 30.1. The van der Waals surface area contributed by atoms with Gasteiger partial charge in [0, 0.05) is 22.2 Å². The fourth-order valence-electron chi connectivity index (χ4n) is 6.75. The minimum atomic E-state index is -6.98. The van der Waals surface area contributed by atoms with Crippen molar-refractivity contribution in [3.63, 3.8) is 0 Å². The van der Waals surface area contributed by atoms with E-state index in [1.807, 2.05) is 0 Å². The molecule has 0 amide bonds. The number of aromatic nitrogens is 4. The maximum absolute atomic E-state index is 16.4. The first-order valence-corrected chi connectivity index (χ1v) is 18.0. The topological polar surface area (TPSA) is 57.4 Å². The van der Waals surface area contributed by atoms with Gasteiger partial charge in [0.05, 0.1) is 44.9 Å². The second kappa shape index (κ2) is 14.5. The molecular weight excluding hydrogens is 911 g/mol. The molecule has 5 heterocycles.